The number of carboxylic acid groups (broad SMARTS) is 1. The Morgan fingerprint density at radius 2 is 2.23 bits per heavy atom. The fraction of sp³-hybridized carbons (Fsp3) is 0.250. The van der Waals surface area contributed by atoms with Crippen molar-refractivity contribution >= 4 is 5.97 Å². The molecule has 0 aliphatic heterocycles. The quantitative estimate of drug-likeness (QED) is 0.600. The molecule has 13 heavy (non-hydrogen) atoms. The molecule has 0 unspecified atom stereocenters. The van der Waals surface area contributed by atoms with Crippen molar-refractivity contribution in [2.75, 3.05) is 0 Å². The second kappa shape index (κ2) is 3.02. The van der Waals surface area contributed by atoms with Gasteiger partial charge in [0.2, 0.25) is 0 Å². The number of hydrogen-bond donors (Lipinski definition) is 3. The molecule has 1 heterocycles. The molecule has 0 saturated carbocycles. The summed E-state index contributed by atoms with van der Waals surface area (Å²) in [5.74, 6) is -1.18. The summed E-state index contributed by atoms with van der Waals surface area (Å²) >= 11 is 0. The van der Waals surface area contributed by atoms with Crippen molar-refractivity contribution in [3.05, 3.63) is 24.0 Å². The summed E-state index contributed by atoms with van der Waals surface area (Å²) < 4.78 is 0. The van der Waals surface area contributed by atoms with Crippen LogP contribution in [0.15, 0.2) is 18.3 Å². The van der Waals surface area contributed by atoms with Gasteiger partial charge in [-0.05, 0) is 19.1 Å². The number of carboxylic acids is 1. The average Bonchev–Trinajstić information content (AvgIpc) is 2.04. The number of nitrogens with two attached hydrogens (primary N) is 1. The highest BCUT2D eigenvalue weighted by Crippen LogP contribution is 2.17. The van der Waals surface area contributed by atoms with Crippen molar-refractivity contribution < 1.29 is 15.0 Å². The lowest BCUT2D eigenvalue weighted by Gasteiger charge is -2.17. The monoisotopic (exact) mass is 182 g/mol. The number of carbonyl (C=O) groups is 1. The van der Waals surface area contributed by atoms with Crippen molar-refractivity contribution in [2.45, 2.75) is 12.5 Å². The minimum Gasteiger partial charge on any atom is -0.506 e. The Labute approximate surface area is 74.8 Å². The summed E-state index contributed by atoms with van der Waals surface area (Å²) in [4.78, 5) is 14.4. The second-order valence-corrected chi connectivity index (χ2v) is 2.91. The van der Waals surface area contributed by atoms with E-state index in [2.05, 4.69) is 4.98 Å². The van der Waals surface area contributed by atoms with Crippen LogP contribution >= 0.6 is 0 Å². The number of aromatic nitrogens is 1. The fourth-order valence-corrected chi connectivity index (χ4v) is 0.803. The zero-order valence-electron chi connectivity index (χ0n) is 7.06. The Morgan fingerprint density at radius 3 is 2.62 bits per heavy atom. The second-order valence-electron chi connectivity index (χ2n) is 2.91. The fourth-order valence-electron chi connectivity index (χ4n) is 0.803. The van der Waals surface area contributed by atoms with Crippen LogP contribution in [0.3, 0.4) is 0 Å². The molecule has 1 aromatic heterocycles. The van der Waals surface area contributed by atoms with Crippen molar-refractivity contribution in [3.63, 3.8) is 0 Å². The third-order valence-corrected chi connectivity index (χ3v) is 1.72. The van der Waals surface area contributed by atoms with Crippen molar-refractivity contribution in [1.82, 2.24) is 4.98 Å². The third kappa shape index (κ3) is 1.75. The van der Waals surface area contributed by atoms with Crippen LogP contribution in [-0.4, -0.2) is 21.2 Å². The summed E-state index contributed by atoms with van der Waals surface area (Å²) in [6, 6.07) is 2.72. The number of rotatable bonds is 2. The van der Waals surface area contributed by atoms with E-state index in [4.69, 9.17) is 15.9 Å². The molecule has 1 rings (SSSR count). The maximum atomic E-state index is 10.7. The van der Waals surface area contributed by atoms with E-state index >= 15 is 0 Å². The average molecular weight is 182 g/mol. The minimum atomic E-state index is -1.52. The first-order valence-electron chi connectivity index (χ1n) is 3.62. The molecule has 1 atom stereocenters. The molecule has 0 radical (unpaired) electrons. The van der Waals surface area contributed by atoms with Gasteiger partial charge in [-0.15, -0.1) is 0 Å². The third-order valence-electron chi connectivity index (χ3n) is 1.72. The van der Waals surface area contributed by atoms with E-state index in [1.165, 1.54) is 19.1 Å². The first-order chi connectivity index (χ1) is 5.94. The SMILES string of the molecule is C[C@](N)(C(=O)O)c1ccc(O)cn1. The molecular formula is C8H10N2O3. The predicted molar refractivity (Wildman–Crippen MR) is 45.1 cm³/mol. The first kappa shape index (κ1) is 9.47. The zero-order valence-corrected chi connectivity index (χ0v) is 7.06. The zero-order chi connectivity index (χ0) is 10.1. The molecular weight excluding hydrogens is 172 g/mol. The number of nitrogens with zero attached hydrogens (tertiary/aromatic N) is 1. The van der Waals surface area contributed by atoms with E-state index in [-0.39, 0.29) is 11.4 Å². The molecule has 0 saturated heterocycles. The Balaban J connectivity index is 3.08. The molecule has 5 heteroatoms. The molecule has 0 fully saturated rings. The molecule has 4 N–H and O–H groups in total. The van der Waals surface area contributed by atoms with Gasteiger partial charge in [-0.1, -0.05) is 0 Å². The lowest BCUT2D eigenvalue weighted by molar-refractivity contribution is -0.143. The van der Waals surface area contributed by atoms with Gasteiger partial charge in [0, 0.05) is 0 Å². The summed E-state index contributed by atoms with van der Waals surface area (Å²) in [7, 11) is 0. The van der Waals surface area contributed by atoms with Gasteiger partial charge in [0.05, 0.1) is 11.9 Å². The summed E-state index contributed by atoms with van der Waals surface area (Å²) in [6.07, 6.45) is 1.16. The standard InChI is InChI=1S/C8H10N2O3/c1-8(9,7(12)13)6-3-2-5(11)4-10-6/h2-4,11H,9H2,1H3,(H,12,13)/t8-/m1/s1. The number of aromatic hydroxyl groups is 1. The Bertz CT molecular complexity index is 319. The Kier molecular flexibility index (Phi) is 2.20. The van der Waals surface area contributed by atoms with E-state index in [9.17, 15) is 4.79 Å². The smallest absolute Gasteiger partial charge is 0.329 e. The molecule has 0 aliphatic carbocycles. The maximum Gasteiger partial charge on any atom is 0.329 e. The normalized spacial score (nSPS) is 14.9. The lowest BCUT2D eigenvalue weighted by Crippen LogP contribution is -2.42. The Morgan fingerprint density at radius 1 is 1.62 bits per heavy atom. The van der Waals surface area contributed by atoms with E-state index in [1.807, 2.05) is 0 Å². The van der Waals surface area contributed by atoms with Crippen LogP contribution in [0.4, 0.5) is 0 Å². The van der Waals surface area contributed by atoms with Gasteiger partial charge in [0.25, 0.3) is 0 Å². The highest BCUT2D eigenvalue weighted by molar-refractivity contribution is 5.79. The van der Waals surface area contributed by atoms with Crippen LogP contribution in [-0.2, 0) is 10.3 Å². The largest absolute Gasteiger partial charge is 0.506 e. The number of pyridine rings is 1. The van der Waals surface area contributed by atoms with Crippen LogP contribution in [0.25, 0.3) is 0 Å². The summed E-state index contributed by atoms with van der Waals surface area (Å²) in [5, 5.41) is 17.6. The van der Waals surface area contributed by atoms with Crippen molar-refractivity contribution in [3.8, 4) is 5.75 Å². The lowest BCUT2D eigenvalue weighted by atomic mass is 9.99. The number of aliphatic carboxylic acids is 1. The van der Waals surface area contributed by atoms with E-state index < -0.39 is 11.5 Å². The molecule has 1 aromatic rings. The molecule has 0 amide bonds. The van der Waals surface area contributed by atoms with Gasteiger partial charge in [-0.2, -0.15) is 0 Å². The van der Waals surface area contributed by atoms with Crippen molar-refractivity contribution in [2.24, 2.45) is 5.73 Å². The van der Waals surface area contributed by atoms with Crippen LogP contribution in [0, 0.1) is 0 Å². The maximum absolute atomic E-state index is 10.7. The molecule has 0 aliphatic rings. The van der Waals surface area contributed by atoms with Gasteiger partial charge in [-0.25, -0.2) is 4.79 Å². The van der Waals surface area contributed by atoms with E-state index in [1.54, 1.807) is 0 Å². The van der Waals surface area contributed by atoms with Gasteiger partial charge in [0.15, 0.2) is 5.54 Å². The van der Waals surface area contributed by atoms with Crippen molar-refractivity contribution in [1.29, 1.82) is 0 Å². The number of hydrogen-bond acceptors (Lipinski definition) is 4. The van der Waals surface area contributed by atoms with Crippen LogP contribution in [0.1, 0.15) is 12.6 Å². The van der Waals surface area contributed by atoms with Crippen LogP contribution < -0.4 is 5.73 Å². The van der Waals surface area contributed by atoms with Gasteiger partial charge < -0.3 is 15.9 Å². The highest BCUT2D eigenvalue weighted by Gasteiger charge is 2.31. The van der Waals surface area contributed by atoms with E-state index in [0.29, 0.717) is 0 Å². The summed E-state index contributed by atoms with van der Waals surface area (Å²) in [5.41, 5.74) is 4.17. The molecule has 0 aromatic carbocycles. The van der Waals surface area contributed by atoms with Gasteiger partial charge >= 0.3 is 5.97 Å². The minimum absolute atomic E-state index is 0.0232. The topological polar surface area (TPSA) is 96.4 Å². The highest BCUT2D eigenvalue weighted by atomic mass is 16.4. The van der Waals surface area contributed by atoms with Crippen LogP contribution in [0.5, 0.6) is 5.75 Å². The van der Waals surface area contributed by atoms with E-state index in [0.717, 1.165) is 6.20 Å². The Hall–Kier alpha value is -1.62. The summed E-state index contributed by atoms with van der Waals surface area (Å²) in [6.45, 7) is 1.34. The first-order valence-corrected chi connectivity index (χ1v) is 3.62. The van der Waals surface area contributed by atoms with Gasteiger partial charge in [-0.3, -0.25) is 4.98 Å². The predicted octanol–water partition coefficient (Wildman–Crippen LogP) is 0.0457. The molecule has 0 bridgehead atoms. The molecule has 70 valence electrons. The molecule has 0 spiro atoms. The molecule has 5 nitrogen and oxygen atoms in total. The van der Waals surface area contributed by atoms with Gasteiger partial charge in [0.1, 0.15) is 5.75 Å². The van der Waals surface area contributed by atoms with Crippen LogP contribution in [0.2, 0.25) is 0 Å².